The average Bonchev–Trinajstić information content (AvgIpc) is 2.35. The summed E-state index contributed by atoms with van der Waals surface area (Å²) in [6, 6.07) is 4.23. The summed E-state index contributed by atoms with van der Waals surface area (Å²) >= 11 is 6.16. The molecule has 4 nitrogen and oxygen atoms in total. The van der Waals surface area contributed by atoms with E-state index in [9.17, 15) is 9.18 Å². The molecule has 0 aliphatic rings. The van der Waals surface area contributed by atoms with Crippen LogP contribution in [0.2, 0.25) is 0 Å². The SMILES string of the molecule is O=C(Nc1cnc(Br)cn1)c1cccc(F)c1Br. The summed E-state index contributed by atoms with van der Waals surface area (Å²) in [6.45, 7) is 0. The van der Waals surface area contributed by atoms with Crippen molar-refractivity contribution in [3.8, 4) is 0 Å². The lowest BCUT2D eigenvalue weighted by Gasteiger charge is -2.06. The quantitative estimate of drug-likeness (QED) is 0.876. The molecule has 18 heavy (non-hydrogen) atoms. The minimum absolute atomic E-state index is 0.118. The van der Waals surface area contributed by atoms with E-state index in [1.807, 2.05) is 0 Å². The van der Waals surface area contributed by atoms with Crippen molar-refractivity contribution in [3.05, 3.63) is 51.0 Å². The van der Waals surface area contributed by atoms with Crippen molar-refractivity contribution in [1.82, 2.24) is 9.97 Å². The van der Waals surface area contributed by atoms with E-state index in [-0.39, 0.29) is 10.0 Å². The van der Waals surface area contributed by atoms with Crippen molar-refractivity contribution in [2.75, 3.05) is 5.32 Å². The van der Waals surface area contributed by atoms with Gasteiger partial charge in [0.1, 0.15) is 10.4 Å². The van der Waals surface area contributed by atoms with Gasteiger partial charge in [-0.1, -0.05) is 6.07 Å². The summed E-state index contributed by atoms with van der Waals surface area (Å²) in [4.78, 5) is 19.7. The number of carbonyl (C=O) groups is 1. The molecule has 92 valence electrons. The molecule has 1 aromatic heterocycles. The smallest absolute Gasteiger partial charge is 0.258 e. The predicted molar refractivity (Wildman–Crippen MR) is 71.8 cm³/mol. The van der Waals surface area contributed by atoms with Crippen LogP contribution < -0.4 is 5.32 Å². The van der Waals surface area contributed by atoms with Gasteiger partial charge in [-0.3, -0.25) is 4.79 Å². The number of aromatic nitrogens is 2. The average molecular weight is 375 g/mol. The van der Waals surface area contributed by atoms with Crippen molar-refractivity contribution in [2.24, 2.45) is 0 Å². The topological polar surface area (TPSA) is 54.9 Å². The van der Waals surface area contributed by atoms with Gasteiger partial charge in [0.15, 0.2) is 5.82 Å². The maximum atomic E-state index is 13.3. The van der Waals surface area contributed by atoms with Crippen LogP contribution in [0.3, 0.4) is 0 Å². The summed E-state index contributed by atoms with van der Waals surface area (Å²) in [6.07, 6.45) is 2.85. The number of anilines is 1. The zero-order valence-electron chi connectivity index (χ0n) is 8.82. The Bertz CT molecular complexity index is 589. The number of carbonyl (C=O) groups excluding carboxylic acids is 1. The third-order valence-electron chi connectivity index (χ3n) is 2.06. The molecule has 0 aliphatic heterocycles. The number of rotatable bonds is 2. The van der Waals surface area contributed by atoms with Gasteiger partial charge in [0.05, 0.1) is 22.4 Å². The standard InChI is InChI=1S/C11H6Br2FN3O/c12-8-4-16-9(5-15-8)17-11(18)6-2-1-3-7(14)10(6)13/h1-5H,(H,16,17,18). The van der Waals surface area contributed by atoms with Gasteiger partial charge in [0.25, 0.3) is 5.91 Å². The van der Waals surface area contributed by atoms with Crippen LogP contribution in [0.15, 0.2) is 39.7 Å². The van der Waals surface area contributed by atoms with E-state index in [0.717, 1.165) is 0 Å². The van der Waals surface area contributed by atoms with E-state index in [2.05, 4.69) is 47.1 Å². The molecule has 1 amide bonds. The number of amides is 1. The first-order valence-electron chi connectivity index (χ1n) is 4.81. The molecule has 0 spiro atoms. The van der Waals surface area contributed by atoms with Crippen LogP contribution in [0.5, 0.6) is 0 Å². The highest BCUT2D eigenvalue weighted by molar-refractivity contribution is 9.10. The van der Waals surface area contributed by atoms with Gasteiger partial charge in [-0.15, -0.1) is 0 Å². The van der Waals surface area contributed by atoms with Gasteiger partial charge in [0, 0.05) is 0 Å². The lowest BCUT2D eigenvalue weighted by Crippen LogP contribution is -2.14. The molecular weight excluding hydrogens is 369 g/mol. The third kappa shape index (κ3) is 2.91. The second kappa shape index (κ2) is 5.53. The number of nitrogens with zero attached hydrogens (tertiary/aromatic N) is 2. The monoisotopic (exact) mass is 373 g/mol. The Morgan fingerprint density at radius 2 is 2.00 bits per heavy atom. The molecule has 2 aromatic rings. The molecule has 0 saturated carbocycles. The Hall–Kier alpha value is -1.34. The fraction of sp³-hybridized carbons (Fsp3) is 0. The van der Waals surface area contributed by atoms with E-state index in [0.29, 0.717) is 10.4 Å². The molecule has 0 saturated heterocycles. The first kappa shape index (κ1) is 13.1. The van der Waals surface area contributed by atoms with Gasteiger partial charge in [-0.05, 0) is 44.0 Å². The Kier molecular flexibility index (Phi) is 4.03. The zero-order valence-corrected chi connectivity index (χ0v) is 12.0. The molecular formula is C11H6Br2FN3O. The molecule has 1 aromatic carbocycles. The largest absolute Gasteiger partial charge is 0.305 e. The van der Waals surface area contributed by atoms with Gasteiger partial charge in [0.2, 0.25) is 0 Å². The molecule has 1 heterocycles. The summed E-state index contributed by atoms with van der Waals surface area (Å²) < 4.78 is 14.0. The van der Waals surface area contributed by atoms with Crippen molar-refractivity contribution in [3.63, 3.8) is 0 Å². The maximum absolute atomic E-state index is 13.3. The minimum Gasteiger partial charge on any atom is -0.305 e. The number of benzene rings is 1. The molecule has 0 fully saturated rings. The molecule has 7 heteroatoms. The number of hydrogen-bond acceptors (Lipinski definition) is 3. The van der Waals surface area contributed by atoms with Crippen molar-refractivity contribution in [1.29, 1.82) is 0 Å². The first-order valence-corrected chi connectivity index (χ1v) is 6.39. The van der Waals surface area contributed by atoms with Crippen molar-refractivity contribution in [2.45, 2.75) is 0 Å². The van der Waals surface area contributed by atoms with Crippen LogP contribution in [0.25, 0.3) is 0 Å². The normalized spacial score (nSPS) is 10.2. The maximum Gasteiger partial charge on any atom is 0.258 e. The van der Waals surface area contributed by atoms with E-state index in [1.54, 1.807) is 0 Å². The summed E-state index contributed by atoms with van der Waals surface area (Å²) in [5.74, 6) is -0.665. The second-order valence-corrected chi connectivity index (χ2v) is 4.89. The van der Waals surface area contributed by atoms with Crippen LogP contribution in [-0.2, 0) is 0 Å². The van der Waals surface area contributed by atoms with Crippen LogP contribution in [0.1, 0.15) is 10.4 Å². The van der Waals surface area contributed by atoms with E-state index < -0.39 is 11.7 Å². The van der Waals surface area contributed by atoms with Crippen LogP contribution in [0.4, 0.5) is 10.2 Å². The Morgan fingerprint density at radius 1 is 1.22 bits per heavy atom. The lowest BCUT2D eigenvalue weighted by molar-refractivity contribution is 0.102. The molecule has 0 bridgehead atoms. The van der Waals surface area contributed by atoms with Gasteiger partial charge < -0.3 is 5.32 Å². The summed E-state index contributed by atoms with van der Waals surface area (Å²) in [5.41, 5.74) is 0.194. The fourth-order valence-corrected chi connectivity index (χ4v) is 1.89. The third-order valence-corrected chi connectivity index (χ3v) is 3.27. The molecule has 0 aliphatic carbocycles. The highest BCUT2D eigenvalue weighted by Gasteiger charge is 2.13. The minimum atomic E-state index is -0.496. The molecule has 1 N–H and O–H groups in total. The highest BCUT2D eigenvalue weighted by Crippen LogP contribution is 2.21. The van der Waals surface area contributed by atoms with Crippen LogP contribution in [-0.4, -0.2) is 15.9 Å². The highest BCUT2D eigenvalue weighted by atomic mass is 79.9. The molecule has 0 unspecified atom stereocenters. The Morgan fingerprint density at radius 3 is 2.67 bits per heavy atom. The Balaban J connectivity index is 2.22. The second-order valence-electron chi connectivity index (χ2n) is 3.28. The van der Waals surface area contributed by atoms with Gasteiger partial charge >= 0.3 is 0 Å². The predicted octanol–water partition coefficient (Wildman–Crippen LogP) is 3.39. The van der Waals surface area contributed by atoms with E-state index in [4.69, 9.17) is 0 Å². The molecule has 2 rings (SSSR count). The summed E-state index contributed by atoms with van der Waals surface area (Å²) in [5, 5.41) is 2.52. The Labute approximate surface area is 119 Å². The first-order chi connectivity index (χ1) is 8.58. The number of halogens is 3. The van der Waals surface area contributed by atoms with Gasteiger partial charge in [-0.2, -0.15) is 0 Å². The molecule has 0 radical (unpaired) electrons. The fourth-order valence-electron chi connectivity index (χ4n) is 1.24. The van der Waals surface area contributed by atoms with E-state index in [1.165, 1.54) is 30.6 Å². The summed E-state index contributed by atoms with van der Waals surface area (Å²) in [7, 11) is 0. The number of hydrogen-bond donors (Lipinski definition) is 1. The zero-order chi connectivity index (χ0) is 13.1. The molecule has 0 atom stereocenters. The van der Waals surface area contributed by atoms with Gasteiger partial charge in [-0.25, -0.2) is 14.4 Å². The van der Waals surface area contributed by atoms with Crippen LogP contribution in [0, 0.1) is 5.82 Å². The number of nitrogens with one attached hydrogen (secondary N) is 1. The van der Waals surface area contributed by atoms with Crippen molar-refractivity contribution >= 4 is 43.6 Å². The van der Waals surface area contributed by atoms with Crippen molar-refractivity contribution < 1.29 is 9.18 Å². The lowest BCUT2D eigenvalue weighted by atomic mass is 10.2. The van der Waals surface area contributed by atoms with Crippen LogP contribution >= 0.6 is 31.9 Å². The van der Waals surface area contributed by atoms with E-state index >= 15 is 0 Å².